The molecule has 4 aromatic heterocycles. The van der Waals surface area contributed by atoms with Crippen LogP contribution in [0.4, 0.5) is 19.0 Å². The maximum atomic E-state index is 13.3. The van der Waals surface area contributed by atoms with E-state index in [1.54, 1.807) is 18.3 Å². The monoisotopic (exact) mass is 471 g/mol. The van der Waals surface area contributed by atoms with Crippen LogP contribution in [0.2, 0.25) is 0 Å². The molecule has 0 aliphatic carbocycles. The van der Waals surface area contributed by atoms with Gasteiger partial charge in [-0.15, -0.1) is 0 Å². The SMILES string of the molecule is Cc1nc2cnc3ccc(-c4cnc(N)c(C(F)(F)F)c4)nc3c2n1CCCN1CCOCC1. The summed E-state index contributed by atoms with van der Waals surface area (Å²) in [5, 5.41) is 0. The second-order valence-corrected chi connectivity index (χ2v) is 8.33. The second-order valence-electron chi connectivity index (χ2n) is 8.33. The molecule has 0 amide bonds. The minimum atomic E-state index is -4.60. The molecule has 0 bridgehead atoms. The van der Waals surface area contributed by atoms with Gasteiger partial charge in [0, 0.05) is 37.9 Å². The Morgan fingerprint density at radius 2 is 1.82 bits per heavy atom. The highest BCUT2D eigenvalue weighted by molar-refractivity contribution is 6.00. The van der Waals surface area contributed by atoms with Crippen LogP contribution in [0, 0.1) is 6.92 Å². The number of alkyl halides is 3. The van der Waals surface area contributed by atoms with Crippen molar-refractivity contribution in [2.75, 3.05) is 38.6 Å². The number of hydrogen-bond donors (Lipinski definition) is 1. The van der Waals surface area contributed by atoms with Crippen molar-refractivity contribution in [1.29, 1.82) is 0 Å². The number of fused-ring (bicyclic) bond motifs is 3. The Bertz CT molecular complexity index is 1350. The van der Waals surface area contributed by atoms with E-state index in [-0.39, 0.29) is 5.56 Å². The van der Waals surface area contributed by atoms with Gasteiger partial charge in [0.15, 0.2) is 0 Å². The number of aromatic nitrogens is 5. The normalized spacial score (nSPS) is 15.4. The summed E-state index contributed by atoms with van der Waals surface area (Å²) in [4.78, 5) is 19.9. The molecule has 178 valence electrons. The van der Waals surface area contributed by atoms with E-state index in [0.717, 1.165) is 63.2 Å². The summed E-state index contributed by atoms with van der Waals surface area (Å²) in [6, 6.07) is 4.37. The summed E-state index contributed by atoms with van der Waals surface area (Å²) in [5.41, 5.74) is 7.83. The smallest absolute Gasteiger partial charge is 0.383 e. The van der Waals surface area contributed by atoms with Gasteiger partial charge in [0.1, 0.15) is 22.7 Å². The van der Waals surface area contributed by atoms with E-state index in [9.17, 15) is 13.2 Å². The van der Waals surface area contributed by atoms with Crippen LogP contribution in [0.25, 0.3) is 33.3 Å². The first-order chi connectivity index (χ1) is 16.3. The lowest BCUT2D eigenvalue weighted by Crippen LogP contribution is -2.37. The highest BCUT2D eigenvalue weighted by Gasteiger charge is 2.34. The fourth-order valence-corrected chi connectivity index (χ4v) is 4.34. The van der Waals surface area contributed by atoms with E-state index in [4.69, 9.17) is 15.5 Å². The van der Waals surface area contributed by atoms with E-state index in [1.807, 2.05) is 6.92 Å². The summed E-state index contributed by atoms with van der Waals surface area (Å²) in [7, 11) is 0. The zero-order valence-corrected chi connectivity index (χ0v) is 18.6. The fourth-order valence-electron chi connectivity index (χ4n) is 4.34. The van der Waals surface area contributed by atoms with Crippen molar-refractivity contribution in [3.63, 3.8) is 0 Å². The van der Waals surface area contributed by atoms with Crippen LogP contribution in [0.5, 0.6) is 0 Å². The summed E-state index contributed by atoms with van der Waals surface area (Å²) in [6.07, 6.45) is -0.671. The summed E-state index contributed by atoms with van der Waals surface area (Å²) in [6.45, 7) is 6.99. The fraction of sp³-hybridized carbons (Fsp3) is 0.391. The van der Waals surface area contributed by atoms with E-state index in [0.29, 0.717) is 22.2 Å². The van der Waals surface area contributed by atoms with Crippen LogP contribution < -0.4 is 5.73 Å². The van der Waals surface area contributed by atoms with E-state index in [1.165, 1.54) is 6.20 Å². The van der Waals surface area contributed by atoms with Gasteiger partial charge in [-0.1, -0.05) is 0 Å². The predicted molar refractivity (Wildman–Crippen MR) is 122 cm³/mol. The largest absolute Gasteiger partial charge is 0.419 e. The number of nitrogens with two attached hydrogens (primary N) is 1. The van der Waals surface area contributed by atoms with Crippen molar-refractivity contribution in [3.8, 4) is 11.3 Å². The number of rotatable bonds is 5. The number of imidazole rings is 1. The summed E-state index contributed by atoms with van der Waals surface area (Å²) in [5.74, 6) is 0.280. The Labute approximate surface area is 193 Å². The van der Waals surface area contributed by atoms with Crippen LogP contribution in [-0.4, -0.2) is 62.3 Å². The van der Waals surface area contributed by atoms with Crippen LogP contribution in [0.3, 0.4) is 0 Å². The zero-order valence-electron chi connectivity index (χ0n) is 18.6. The van der Waals surface area contributed by atoms with Gasteiger partial charge in [0.2, 0.25) is 0 Å². The molecule has 0 atom stereocenters. The van der Waals surface area contributed by atoms with Gasteiger partial charge in [-0.25, -0.2) is 15.0 Å². The Balaban J connectivity index is 1.53. The minimum Gasteiger partial charge on any atom is -0.383 e. The average molecular weight is 471 g/mol. The van der Waals surface area contributed by atoms with Gasteiger partial charge < -0.3 is 15.0 Å². The first-order valence-corrected chi connectivity index (χ1v) is 11.1. The molecule has 5 rings (SSSR count). The molecule has 0 saturated carbocycles. The summed E-state index contributed by atoms with van der Waals surface area (Å²) >= 11 is 0. The average Bonchev–Trinajstić information content (AvgIpc) is 3.14. The second kappa shape index (κ2) is 8.80. The molecule has 1 aliphatic heterocycles. The van der Waals surface area contributed by atoms with E-state index >= 15 is 0 Å². The van der Waals surface area contributed by atoms with Crippen molar-refractivity contribution < 1.29 is 17.9 Å². The standard InChI is InChI=1S/C23H24F3N7O/c1-14-30-19-13-28-18-4-3-17(15-11-16(23(24,25)26)22(27)29-12-15)31-20(18)21(19)33(14)6-2-5-32-7-9-34-10-8-32/h3-4,11-13H,2,5-10H2,1H3,(H2,27,29). The molecule has 1 saturated heterocycles. The van der Waals surface area contributed by atoms with Gasteiger partial charge in [-0.2, -0.15) is 13.2 Å². The third-order valence-electron chi connectivity index (χ3n) is 6.09. The number of nitrogens with zero attached hydrogens (tertiary/aromatic N) is 6. The molecule has 1 fully saturated rings. The number of hydrogen-bond acceptors (Lipinski definition) is 7. The van der Waals surface area contributed by atoms with Crippen LogP contribution in [0.15, 0.2) is 30.6 Å². The Kier molecular flexibility index (Phi) is 5.82. The lowest BCUT2D eigenvalue weighted by Gasteiger charge is -2.26. The Hall–Kier alpha value is -3.31. The molecule has 0 spiro atoms. The van der Waals surface area contributed by atoms with Crippen molar-refractivity contribution in [2.45, 2.75) is 26.1 Å². The van der Waals surface area contributed by atoms with Crippen molar-refractivity contribution in [3.05, 3.63) is 42.0 Å². The number of aryl methyl sites for hydroxylation is 2. The number of ether oxygens (including phenoxy) is 1. The van der Waals surface area contributed by atoms with E-state index in [2.05, 4.69) is 24.4 Å². The quantitative estimate of drug-likeness (QED) is 0.475. The van der Waals surface area contributed by atoms with Gasteiger partial charge >= 0.3 is 6.18 Å². The number of morpholine rings is 1. The van der Waals surface area contributed by atoms with Crippen LogP contribution in [0.1, 0.15) is 17.8 Å². The Morgan fingerprint density at radius 3 is 2.59 bits per heavy atom. The van der Waals surface area contributed by atoms with Gasteiger partial charge in [-0.3, -0.25) is 9.88 Å². The maximum Gasteiger partial charge on any atom is 0.419 e. The maximum absolute atomic E-state index is 13.3. The molecule has 0 radical (unpaired) electrons. The van der Waals surface area contributed by atoms with E-state index < -0.39 is 17.6 Å². The molecule has 0 unspecified atom stereocenters. The molecule has 34 heavy (non-hydrogen) atoms. The topological polar surface area (TPSA) is 95.0 Å². The zero-order chi connectivity index (χ0) is 23.9. The highest BCUT2D eigenvalue weighted by atomic mass is 19.4. The molecule has 0 aromatic carbocycles. The lowest BCUT2D eigenvalue weighted by atomic mass is 10.1. The Morgan fingerprint density at radius 1 is 1.03 bits per heavy atom. The molecule has 4 aromatic rings. The number of anilines is 1. The third-order valence-corrected chi connectivity index (χ3v) is 6.09. The minimum absolute atomic E-state index is 0.232. The number of pyridine rings is 3. The third kappa shape index (κ3) is 4.28. The van der Waals surface area contributed by atoms with Crippen LogP contribution >= 0.6 is 0 Å². The first kappa shape index (κ1) is 22.5. The van der Waals surface area contributed by atoms with Crippen LogP contribution in [-0.2, 0) is 17.5 Å². The molecule has 8 nitrogen and oxygen atoms in total. The molecule has 11 heteroatoms. The summed E-state index contributed by atoms with van der Waals surface area (Å²) < 4.78 is 47.5. The first-order valence-electron chi connectivity index (χ1n) is 11.1. The molecular weight excluding hydrogens is 447 g/mol. The molecular formula is C23H24F3N7O. The molecule has 1 aliphatic rings. The van der Waals surface area contributed by atoms with Gasteiger partial charge in [0.25, 0.3) is 0 Å². The molecule has 5 heterocycles. The van der Waals surface area contributed by atoms with Gasteiger partial charge in [-0.05, 0) is 31.5 Å². The van der Waals surface area contributed by atoms with Crippen molar-refractivity contribution >= 4 is 27.9 Å². The number of nitrogen functional groups attached to an aromatic ring is 1. The lowest BCUT2D eigenvalue weighted by molar-refractivity contribution is -0.137. The predicted octanol–water partition coefficient (Wildman–Crippen LogP) is 3.67. The molecule has 2 N–H and O–H groups in total. The van der Waals surface area contributed by atoms with Crippen molar-refractivity contribution in [1.82, 2.24) is 29.4 Å². The number of halogens is 3. The van der Waals surface area contributed by atoms with Crippen molar-refractivity contribution in [2.24, 2.45) is 0 Å². The highest BCUT2D eigenvalue weighted by Crippen LogP contribution is 2.35. The van der Waals surface area contributed by atoms with Gasteiger partial charge in [0.05, 0.1) is 41.7 Å².